The number of nitrogens with one attached hydrogen (secondary N) is 1. The third-order valence-corrected chi connectivity index (χ3v) is 4.96. The summed E-state index contributed by atoms with van der Waals surface area (Å²) in [5.41, 5.74) is 3.32. The molecule has 1 heterocycles. The van der Waals surface area contributed by atoms with Crippen LogP contribution >= 0.6 is 0 Å². The number of ether oxygens (including phenoxy) is 1. The van der Waals surface area contributed by atoms with Crippen molar-refractivity contribution in [3.8, 4) is 0 Å². The van der Waals surface area contributed by atoms with Crippen LogP contribution in [0.1, 0.15) is 36.9 Å². The third-order valence-electron chi connectivity index (χ3n) is 4.96. The largest absolute Gasteiger partial charge is 0.384 e. The van der Waals surface area contributed by atoms with Crippen molar-refractivity contribution in [1.82, 2.24) is 10.2 Å². The summed E-state index contributed by atoms with van der Waals surface area (Å²) >= 11 is 0. The Morgan fingerprint density at radius 2 is 1.95 bits per heavy atom. The summed E-state index contributed by atoms with van der Waals surface area (Å²) in [5.74, 6) is 0. The Kier molecular flexibility index (Phi) is 4.11. The Bertz CT molecular complexity index is 450. The first-order valence-electron chi connectivity index (χ1n) is 7.80. The van der Waals surface area contributed by atoms with Gasteiger partial charge in [0.15, 0.2) is 0 Å². The average Bonchev–Trinajstić information content (AvgIpc) is 3.29. The second kappa shape index (κ2) is 5.84. The van der Waals surface area contributed by atoms with E-state index in [4.69, 9.17) is 4.74 Å². The van der Waals surface area contributed by atoms with Crippen molar-refractivity contribution >= 4 is 0 Å². The quantitative estimate of drug-likeness (QED) is 0.892. The van der Waals surface area contributed by atoms with Gasteiger partial charge in [0.25, 0.3) is 0 Å². The van der Waals surface area contributed by atoms with Gasteiger partial charge in [0.05, 0.1) is 6.61 Å². The smallest absolute Gasteiger partial charge is 0.0559 e. The molecule has 1 N–H and O–H groups in total. The van der Waals surface area contributed by atoms with Crippen molar-refractivity contribution in [3.63, 3.8) is 0 Å². The normalized spacial score (nSPS) is 23.5. The fraction of sp³-hybridized carbons (Fsp3) is 0.647. The van der Waals surface area contributed by atoms with E-state index in [0.717, 1.165) is 32.8 Å². The summed E-state index contributed by atoms with van der Waals surface area (Å²) in [5, 5.41) is 3.44. The summed E-state index contributed by atoms with van der Waals surface area (Å²) in [7, 11) is 1.82. The van der Waals surface area contributed by atoms with Crippen LogP contribution in [0.3, 0.4) is 0 Å². The zero-order chi connectivity index (χ0) is 14.0. The average molecular weight is 274 g/mol. The first kappa shape index (κ1) is 14.1. The fourth-order valence-electron chi connectivity index (χ4n) is 3.53. The van der Waals surface area contributed by atoms with Crippen LogP contribution in [0.2, 0.25) is 0 Å². The van der Waals surface area contributed by atoms with Gasteiger partial charge in [-0.2, -0.15) is 0 Å². The van der Waals surface area contributed by atoms with E-state index in [1.165, 1.54) is 24.0 Å². The van der Waals surface area contributed by atoms with Gasteiger partial charge >= 0.3 is 0 Å². The van der Waals surface area contributed by atoms with Gasteiger partial charge in [0.2, 0.25) is 0 Å². The molecule has 0 bridgehead atoms. The molecule has 1 unspecified atom stereocenters. The third kappa shape index (κ3) is 2.62. The molecule has 3 heteroatoms. The van der Waals surface area contributed by atoms with Crippen LogP contribution in [0.15, 0.2) is 24.3 Å². The molecule has 3 nitrogen and oxygen atoms in total. The number of hydrogen-bond acceptors (Lipinski definition) is 3. The van der Waals surface area contributed by atoms with Gasteiger partial charge < -0.3 is 10.1 Å². The van der Waals surface area contributed by atoms with Crippen molar-refractivity contribution in [1.29, 1.82) is 0 Å². The van der Waals surface area contributed by atoms with Crippen molar-refractivity contribution < 1.29 is 4.74 Å². The van der Waals surface area contributed by atoms with Crippen LogP contribution in [0, 0.1) is 0 Å². The lowest BCUT2D eigenvalue weighted by Crippen LogP contribution is -2.44. The van der Waals surface area contributed by atoms with Crippen LogP contribution in [-0.4, -0.2) is 44.8 Å². The van der Waals surface area contributed by atoms with Gasteiger partial charge in [-0.05, 0) is 30.9 Å². The molecule has 1 saturated carbocycles. The van der Waals surface area contributed by atoms with Crippen molar-refractivity contribution in [2.24, 2.45) is 0 Å². The van der Waals surface area contributed by atoms with Crippen LogP contribution in [0.4, 0.5) is 0 Å². The van der Waals surface area contributed by atoms with Crippen LogP contribution in [-0.2, 0) is 10.2 Å². The van der Waals surface area contributed by atoms with E-state index in [9.17, 15) is 0 Å². The Balaban J connectivity index is 1.85. The molecule has 0 radical (unpaired) electrons. The standard InChI is InChI=1S/C17H26N2O/c1-14(19-11-9-18-10-12-19)15-5-3-4-6-16(15)17(7-8-17)13-20-2/h3-6,14,18H,7-13H2,1-2H3. The van der Waals surface area contributed by atoms with Gasteiger partial charge in [0.1, 0.15) is 0 Å². The number of benzene rings is 1. The van der Waals surface area contributed by atoms with E-state index in [0.29, 0.717) is 11.5 Å². The molecule has 0 spiro atoms. The number of methoxy groups -OCH3 is 1. The van der Waals surface area contributed by atoms with Gasteiger partial charge in [-0.25, -0.2) is 0 Å². The van der Waals surface area contributed by atoms with E-state index >= 15 is 0 Å². The number of hydrogen-bond donors (Lipinski definition) is 1. The van der Waals surface area contributed by atoms with Crippen LogP contribution in [0.25, 0.3) is 0 Å². The molecule has 1 aliphatic carbocycles. The molecule has 2 aliphatic rings. The molecule has 20 heavy (non-hydrogen) atoms. The number of piperazine rings is 1. The molecule has 0 aromatic heterocycles. The number of rotatable bonds is 5. The molecule has 1 aromatic carbocycles. The second-order valence-electron chi connectivity index (χ2n) is 6.26. The lowest BCUT2D eigenvalue weighted by Gasteiger charge is -2.35. The summed E-state index contributed by atoms with van der Waals surface area (Å²) in [6.45, 7) is 7.72. The fourth-order valence-corrected chi connectivity index (χ4v) is 3.53. The minimum atomic E-state index is 0.299. The Morgan fingerprint density at radius 3 is 2.60 bits per heavy atom. The van der Waals surface area contributed by atoms with Crippen LogP contribution < -0.4 is 5.32 Å². The van der Waals surface area contributed by atoms with E-state index in [1.54, 1.807) is 0 Å². The van der Waals surface area contributed by atoms with Crippen molar-refractivity contribution in [2.75, 3.05) is 39.9 Å². The maximum Gasteiger partial charge on any atom is 0.0559 e. The second-order valence-corrected chi connectivity index (χ2v) is 6.26. The lowest BCUT2D eigenvalue weighted by atomic mass is 9.88. The highest BCUT2D eigenvalue weighted by atomic mass is 16.5. The van der Waals surface area contributed by atoms with Crippen molar-refractivity contribution in [3.05, 3.63) is 35.4 Å². The highest BCUT2D eigenvalue weighted by Gasteiger charge is 2.46. The zero-order valence-electron chi connectivity index (χ0n) is 12.7. The van der Waals surface area contributed by atoms with E-state index in [1.807, 2.05) is 7.11 Å². The van der Waals surface area contributed by atoms with Crippen molar-refractivity contribution in [2.45, 2.75) is 31.2 Å². The molecule has 110 valence electrons. The Hall–Kier alpha value is -0.900. The van der Waals surface area contributed by atoms with Gasteiger partial charge in [-0.3, -0.25) is 4.90 Å². The monoisotopic (exact) mass is 274 g/mol. The SMILES string of the molecule is COCC1(c2ccccc2C(C)N2CCNCC2)CC1. The summed E-state index contributed by atoms with van der Waals surface area (Å²) in [6.07, 6.45) is 2.54. The lowest BCUT2D eigenvalue weighted by molar-refractivity contribution is 0.165. The minimum Gasteiger partial charge on any atom is -0.384 e. The Morgan fingerprint density at radius 1 is 1.25 bits per heavy atom. The first-order valence-corrected chi connectivity index (χ1v) is 7.80. The van der Waals surface area contributed by atoms with Gasteiger partial charge in [-0.15, -0.1) is 0 Å². The van der Waals surface area contributed by atoms with E-state index in [-0.39, 0.29) is 0 Å². The van der Waals surface area contributed by atoms with Gasteiger partial charge in [0, 0.05) is 44.7 Å². The molecule has 3 rings (SSSR count). The first-order chi connectivity index (χ1) is 9.77. The highest BCUT2D eigenvalue weighted by molar-refractivity contribution is 5.40. The van der Waals surface area contributed by atoms with Crippen LogP contribution in [0.5, 0.6) is 0 Å². The molecule has 1 aliphatic heterocycles. The molecule has 1 atom stereocenters. The predicted molar refractivity (Wildman–Crippen MR) is 82.1 cm³/mol. The van der Waals surface area contributed by atoms with E-state index in [2.05, 4.69) is 41.4 Å². The molecule has 0 amide bonds. The predicted octanol–water partition coefficient (Wildman–Crippen LogP) is 2.33. The van der Waals surface area contributed by atoms with E-state index < -0.39 is 0 Å². The molecule has 1 aromatic rings. The molecule has 1 saturated heterocycles. The summed E-state index contributed by atoms with van der Waals surface area (Å²) in [6, 6.07) is 9.50. The zero-order valence-corrected chi connectivity index (χ0v) is 12.7. The molecular weight excluding hydrogens is 248 g/mol. The maximum atomic E-state index is 5.48. The molecule has 2 fully saturated rings. The summed E-state index contributed by atoms with van der Waals surface area (Å²) in [4.78, 5) is 2.60. The Labute approximate surface area is 122 Å². The molecular formula is C17H26N2O. The highest BCUT2D eigenvalue weighted by Crippen LogP contribution is 2.50. The minimum absolute atomic E-state index is 0.299. The topological polar surface area (TPSA) is 24.5 Å². The summed E-state index contributed by atoms with van der Waals surface area (Å²) < 4.78 is 5.48. The van der Waals surface area contributed by atoms with Gasteiger partial charge in [-0.1, -0.05) is 24.3 Å². The maximum absolute atomic E-state index is 5.48. The number of nitrogens with zero attached hydrogens (tertiary/aromatic N) is 1.